The molecule has 0 aromatic heterocycles. The number of methoxy groups -OCH3 is 1. The first kappa shape index (κ1) is 14.0. The first-order valence-corrected chi connectivity index (χ1v) is 6.05. The number of anilines is 1. The minimum absolute atomic E-state index is 0.223. The molecule has 1 aromatic rings. The number of likely N-dealkylation sites (tertiary alicyclic amines) is 1. The van der Waals surface area contributed by atoms with Gasteiger partial charge in [0.2, 0.25) is 0 Å². The third-order valence-electron chi connectivity index (χ3n) is 3.25. The van der Waals surface area contributed by atoms with Crippen LogP contribution in [-0.4, -0.2) is 48.4 Å². The quantitative estimate of drug-likeness (QED) is 0.635. The summed E-state index contributed by atoms with van der Waals surface area (Å²) in [7, 11) is 1.29. The number of nitrogens with two attached hydrogens (primary N) is 1. The molecule has 1 saturated heterocycles. The lowest BCUT2D eigenvalue weighted by Crippen LogP contribution is -2.55. The number of rotatable bonds is 3. The Morgan fingerprint density at radius 3 is 2.60 bits per heavy atom. The molecule has 108 valence electrons. The van der Waals surface area contributed by atoms with Gasteiger partial charge in [-0.2, -0.15) is 0 Å². The number of carboxylic acid groups (broad SMARTS) is 1. The van der Waals surface area contributed by atoms with Crippen LogP contribution in [0.3, 0.4) is 0 Å². The highest BCUT2D eigenvalue weighted by Gasteiger charge is 2.32. The van der Waals surface area contributed by atoms with Crippen LogP contribution in [0.4, 0.5) is 10.5 Å². The normalized spacial score (nSPS) is 14.6. The Morgan fingerprint density at radius 1 is 1.40 bits per heavy atom. The molecule has 1 amide bonds. The van der Waals surface area contributed by atoms with E-state index < -0.39 is 12.1 Å². The van der Waals surface area contributed by atoms with E-state index in [4.69, 9.17) is 15.6 Å². The van der Waals surface area contributed by atoms with Crippen molar-refractivity contribution in [2.75, 3.05) is 25.9 Å². The molecule has 1 fully saturated rings. The van der Waals surface area contributed by atoms with E-state index in [0.717, 1.165) is 0 Å². The molecule has 0 aliphatic carbocycles. The van der Waals surface area contributed by atoms with Crippen molar-refractivity contribution >= 4 is 17.7 Å². The summed E-state index contributed by atoms with van der Waals surface area (Å²) < 4.78 is 10.3. The van der Waals surface area contributed by atoms with Crippen LogP contribution in [0.2, 0.25) is 0 Å². The molecule has 0 bridgehead atoms. The molecule has 1 aliphatic rings. The zero-order chi connectivity index (χ0) is 14.9. The number of nitrogen functional groups attached to an aromatic ring is 1. The van der Waals surface area contributed by atoms with Crippen molar-refractivity contribution in [1.82, 2.24) is 4.90 Å². The molecule has 3 N–H and O–H groups in total. The van der Waals surface area contributed by atoms with Crippen LogP contribution in [-0.2, 0) is 4.74 Å². The van der Waals surface area contributed by atoms with Gasteiger partial charge in [0.1, 0.15) is 11.9 Å². The molecule has 1 aromatic carbocycles. The summed E-state index contributed by atoms with van der Waals surface area (Å²) in [5.41, 5.74) is 7.23. The second-order valence-electron chi connectivity index (χ2n) is 4.60. The SMILES string of the molecule is COC(=O)c1cc(OC2CN(C(=O)O)C2)cc(N)c1C. The fourth-order valence-electron chi connectivity index (χ4n) is 1.96. The number of esters is 1. The molecule has 0 unspecified atom stereocenters. The molecule has 20 heavy (non-hydrogen) atoms. The first-order valence-electron chi connectivity index (χ1n) is 6.05. The monoisotopic (exact) mass is 280 g/mol. The molecule has 2 rings (SSSR count). The van der Waals surface area contributed by atoms with Gasteiger partial charge in [0.25, 0.3) is 0 Å². The van der Waals surface area contributed by atoms with Crippen molar-refractivity contribution < 1.29 is 24.2 Å². The molecular weight excluding hydrogens is 264 g/mol. The third kappa shape index (κ3) is 2.61. The van der Waals surface area contributed by atoms with Gasteiger partial charge >= 0.3 is 12.1 Å². The standard InChI is InChI=1S/C13H16N2O5/c1-7-10(12(16)19-2)3-8(4-11(7)14)20-9-5-15(6-9)13(17)18/h3-4,9H,5-6,14H2,1-2H3,(H,17,18). The number of carbonyl (C=O) groups is 2. The predicted octanol–water partition coefficient (Wildman–Crippen LogP) is 1.10. The molecule has 0 radical (unpaired) electrons. The highest BCUT2D eigenvalue weighted by atomic mass is 16.5. The summed E-state index contributed by atoms with van der Waals surface area (Å²) in [5, 5.41) is 8.74. The number of nitrogens with zero attached hydrogens (tertiary/aromatic N) is 1. The van der Waals surface area contributed by atoms with Crippen LogP contribution in [0.15, 0.2) is 12.1 Å². The van der Waals surface area contributed by atoms with E-state index in [1.165, 1.54) is 12.0 Å². The highest BCUT2D eigenvalue weighted by molar-refractivity contribution is 5.93. The van der Waals surface area contributed by atoms with Crippen molar-refractivity contribution in [2.24, 2.45) is 0 Å². The number of carbonyl (C=O) groups excluding carboxylic acids is 1. The molecule has 0 spiro atoms. The zero-order valence-corrected chi connectivity index (χ0v) is 11.3. The number of hydrogen-bond donors (Lipinski definition) is 2. The molecule has 0 atom stereocenters. The zero-order valence-electron chi connectivity index (χ0n) is 11.3. The fourth-order valence-corrected chi connectivity index (χ4v) is 1.96. The number of amides is 1. The van der Waals surface area contributed by atoms with Gasteiger partial charge in [0.15, 0.2) is 0 Å². The van der Waals surface area contributed by atoms with Gasteiger partial charge in [-0.25, -0.2) is 9.59 Å². The Hall–Kier alpha value is -2.44. The van der Waals surface area contributed by atoms with Crippen LogP contribution in [0.25, 0.3) is 0 Å². The first-order chi connectivity index (χ1) is 9.42. The highest BCUT2D eigenvalue weighted by Crippen LogP contribution is 2.27. The summed E-state index contributed by atoms with van der Waals surface area (Å²) in [6.45, 7) is 2.33. The van der Waals surface area contributed by atoms with Crippen LogP contribution < -0.4 is 10.5 Å². The van der Waals surface area contributed by atoms with E-state index in [0.29, 0.717) is 35.7 Å². The lowest BCUT2D eigenvalue weighted by molar-refractivity contribution is 0.0251. The van der Waals surface area contributed by atoms with Gasteiger partial charge in [-0.15, -0.1) is 0 Å². The van der Waals surface area contributed by atoms with E-state index in [9.17, 15) is 9.59 Å². The Labute approximate surface area is 115 Å². The van der Waals surface area contributed by atoms with Crippen molar-refractivity contribution in [3.05, 3.63) is 23.3 Å². The van der Waals surface area contributed by atoms with Gasteiger partial charge in [-0.05, 0) is 18.6 Å². The molecule has 1 heterocycles. The molecular formula is C13H16N2O5. The lowest BCUT2D eigenvalue weighted by atomic mass is 10.1. The number of benzene rings is 1. The maximum Gasteiger partial charge on any atom is 0.407 e. The number of hydrogen-bond acceptors (Lipinski definition) is 5. The average molecular weight is 280 g/mol. The Bertz CT molecular complexity index is 552. The van der Waals surface area contributed by atoms with E-state index in [1.807, 2.05) is 0 Å². The second-order valence-corrected chi connectivity index (χ2v) is 4.60. The van der Waals surface area contributed by atoms with Crippen molar-refractivity contribution in [3.63, 3.8) is 0 Å². The molecule has 0 saturated carbocycles. The van der Waals surface area contributed by atoms with Crippen LogP contribution in [0.1, 0.15) is 15.9 Å². The van der Waals surface area contributed by atoms with E-state index in [-0.39, 0.29) is 6.10 Å². The third-order valence-corrected chi connectivity index (χ3v) is 3.25. The van der Waals surface area contributed by atoms with Crippen molar-refractivity contribution in [3.8, 4) is 5.75 Å². The fraction of sp³-hybridized carbons (Fsp3) is 0.385. The van der Waals surface area contributed by atoms with E-state index in [2.05, 4.69) is 4.74 Å². The second kappa shape index (κ2) is 5.28. The number of ether oxygens (including phenoxy) is 2. The molecule has 1 aliphatic heterocycles. The van der Waals surface area contributed by atoms with Crippen LogP contribution in [0.5, 0.6) is 5.75 Å². The van der Waals surface area contributed by atoms with E-state index in [1.54, 1.807) is 19.1 Å². The van der Waals surface area contributed by atoms with Gasteiger partial charge in [-0.1, -0.05) is 0 Å². The maximum atomic E-state index is 11.6. The Balaban J connectivity index is 2.12. The summed E-state index contributed by atoms with van der Waals surface area (Å²) in [6.07, 6.45) is -1.19. The summed E-state index contributed by atoms with van der Waals surface area (Å²) in [5.74, 6) is -0.0519. The summed E-state index contributed by atoms with van der Waals surface area (Å²) in [6, 6.07) is 3.17. The summed E-state index contributed by atoms with van der Waals surface area (Å²) in [4.78, 5) is 23.5. The molecule has 7 heteroatoms. The molecule has 7 nitrogen and oxygen atoms in total. The Morgan fingerprint density at radius 2 is 2.05 bits per heavy atom. The summed E-state index contributed by atoms with van der Waals surface area (Å²) >= 11 is 0. The van der Waals surface area contributed by atoms with Gasteiger partial charge in [-0.3, -0.25) is 0 Å². The predicted molar refractivity (Wildman–Crippen MR) is 70.9 cm³/mol. The maximum absolute atomic E-state index is 11.6. The largest absolute Gasteiger partial charge is 0.487 e. The Kier molecular flexibility index (Phi) is 3.69. The van der Waals surface area contributed by atoms with Crippen LogP contribution >= 0.6 is 0 Å². The lowest BCUT2D eigenvalue weighted by Gasteiger charge is -2.36. The minimum Gasteiger partial charge on any atom is -0.487 e. The van der Waals surface area contributed by atoms with Crippen molar-refractivity contribution in [1.29, 1.82) is 0 Å². The topological polar surface area (TPSA) is 102 Å². The van der Waals surface area contributed by atoms with Gasteiger partial charge in [0.05, 0.1) is 25.8 Å². The minimum atomic E-state index is -0.969. The van der Waals surface area contributed by atoms with E-state index >= 15 is 0 Å². The average Bonchev–Trinajstić information content (AvgIpc) is 2.35. The smallest absolute Gasteiger partial charge is 0.407 e. The van der Waals surface area contributed by atoms with Crippen LogP contribution in [0, 0.1) is 6.92 Å². The van der Waals surface area contributed by atoms with Gasteiger partial charge in [0, 0.05) is 11.8 Å². The van der Waals surface area contributed by atoms with Crippen molar-refractivity contribution in [2.45, 2.75) is 13.0 Å². The van der Waals surface area contributed by atoms with Gasteiger partial charge < -0.3 is 25.2 Å².